The van der Waals surface area contributed by atoms with Crippen molar-refractivity contribution in [3.63, 3.8) is 0 Å². The van der Waals surface area contributed by atoms with E-state index in [1.54, 1.807) is 36.8 Å². The first-order valence-corrected chi connectivity index (χ1v) is 10.4. The van der Waals surface area contributed by atoms with E-state index in [9.17, 15) is 14.4 Å². The summed E-state index contributed by atoms with van der Waals surface area (Å²) in [6.45, 7) is 0.137. The van der Waals surface area contributed by atoms with Crippen molar-refractivity contribution in [1.82, 2.24) is 9.88 Å². The summed E-state index contributed by atoms with van der Waals surface area (Å²) in [5.41, 5.74) is 2.22. The summed E-state index contributed by atoms with van der Waals surface area (Å²) in [7, 11) is 1.57. The van der Waals surface area contributed by atoms with E-state index >= 15 is 0 Å². The fraction of sp³-hybridized carbons (Fsp3) is 0.143. The lowest BCUT2D eigenvalue weighted by molar-refractivity contribution is 0.0642. The van der Waals surface area contributed by atoms with Gasteiger partial charge in [0.05, 0.1) is 36.4 Å². The lowest BCUT2D eigenvalue weighted by Gasteiger charge is -2.14. The number of fused-ring (bicyclic) bond motifs is 1. The number of alkyl halides is 1. The van der Waals surface area contributed by atoms with Crippen molar-refractivity contribution in [1.29, 1.82) is 0 Å². The number of rotatable bonds is 6. The number of thiazole rings is 1. The van der Waals surface area contributed by atoms with Crippen molar-refractivity contribution in [2.24, 2.45) is 0 Å². The molecule has 0 spiro atoms. The number of hydrogen-bond donors (Lipinski definition) is 1. The third-order valence-electron chi connectivity index (χ3n) is 4.64. The van der Waals surface area contributed by atoms with Gasteiger partial charge in [-0.2, -0.15) is 0 Å². The van der Waals surface area contributed by atoms with Crippen molar-refractivity contribution < 1.29 is 19.1 Å². The number of benzene rings is 2. The van der Waals surface area contributed by atoms with Crippen LogP contribution in [0.5, 0.6) is 5.75 Å². The van der Waals surface area contributed by atoms with Gasteiger partial charge in [-0.3, -0.25) is 24.6 Å². The number of halogens is 1. The van der Waals surface area contributed by atoms with E-state index in [1.807, 2.05) is 0 Å². The fourth-order valence-electron chi connectivity index (χ4n) is 3.08. The minimum absolute atomic E-state index is 0.137. The minimum atomic E-state index is -0.431. The zero-order chi connectivity index (χ0) is 21.3. The van der Waals surface area contributed by atoms with E-state index in [2.05, 4.69) is 10.3 Å². The van der Waals surface area contributed by atoms with E-state index in [-0.39, 0.29) is 35.0 Å². The van der Waals surface area contributed by atoms with Gasteiger partial charge in [0.2, 0.25) is 0 Å². The average molecular weight is 442 g/mol. The van der Waals surface area contributed by atoms with Crippen LogP contribution in [0.3, 0.4) is 0 Å². The molecule has 0 aliphatic carbocycles. The zero-order valence-corrected chi connectivity index (χ0v) is 17.4. The molecule has 4 rings (SSSR count). The standard InChI is InChI=1S/C21H16ClN3O4S/c1-29-15-5-2-12(3-6-15)10-25-19(27)16-7-4-13(8-17(16)20(25)28)18(26)24-21-23-14(9-22)11-30-21/h2-8,11H,9-10H2,1H3,(H,23,24,26). The van der Waals surface area contributed by atoms with Crippen LogP contribution in [0.15, 0.2) is 47.8 Å². The Morgan fingerprint density at radius 3 is 2.53 bits per heavy atom. The quantitative estimate of drug-likeness (QED) is 0.462. The van der Waals surface area contributed by atoms with Crippen LogP contribution in [0.25, 0.3) is 0 Å². The molecule has 0 atom stereocenters. The molecular weight excluding hydrogens is 426 g/mol. The Hall–Kier alpha value is -3.23. The summed E-state index contributed by atoms with van der Waals surface area (Å²) in [6, 6.07) is 11.6. The SMILES string of the molecule is COc1ccc(CN2C(=O)c3ccc(C(=O)Nc4nc(CCl)cs4)cc3C2=O)cc1. The van der Waals surface area contributed by atoms with Gasteiger partial charge in [0.1, 0.15) is 5.75 Å². The molecule has 2 aromatic carbocycles. The zero-order valence-electron chi connectivity index (χ0n) is 15.8. The summed E-state index contributed by atoms with van der Waals surface area (Å²) in [4.78, 5) is 43.4. The molecule has 1 N–H and O–H groups in total. The molecule has 152 valence electrons. The van der Waals surface area contributed by atoms with Gasteiger partial charge >= 0.3 is 0 Å². The van der Waals surface area contributed by atoms with Crippen LogP contribution in [0.2, 0.25) is 0 Å². The molecule has 0 unspecified atom stereocenters. The van der Waals surface area contributed by atoms with Crippen LogP contribution in [-0.2, 0) is 12.4 Å². The number of carbonyl (C=O) groups excluding carboxylic acids is 3. The molecule has 0 bridgehead atoms. The Morgan fingerprint density at radius 1 is 1.13 bits per heavy atom. The first-order valence-electron chi connectivity index (χ1n) is 8.95. The van der Waals surface area contributed by atoms with E-state index in [0.29, 0.717) is 16.6 Å². The molecule has 0 radical (unpaired) electrons. The maximum atomic E-state index is 12.8. The van der Waals surface area contributed by atoms with Crippen LogP contribution in [0, 0.1) is 0 Å². The molecule has 0 saturated carbocycles. The Balaban J connectivity index is 1.52. The van der Waals surface area contributed by atoms with Crippen molar-refractivity contribution in [3.05, 3.63) is 75.8 Å². The number of nitrogens with zero attached hydrogens (tertiary/aromatic N) is 2. The van der Waals surface area contributed by atoms with Gasteiger partial charge in [0, 0.05) is 10.9 Å². The largest absolute Gasteiger partial charge is 0.497 e. The molecule has 3 amide bonds. The highest BCUT2D eigenvalue weighted by Gasteiger charge is 2.36. The highest BCUT2D eigenvalue weighted by Crippen LogP contribution is 2.27. The number of ether oxygens (including phenoxy) is 1. The summed E-state index contributed by atoms with van der Waals surface area (Å²) >= 11 is 6.99. The van der Waals surface area contributed by atoms with Gasteiger partial charge in [-0.05, 0) is 35.9 Å². The number of anilines is 1. The van der Waals surface area contributed by atoms with Crippen molar-refractivity contribution in [2.45, 2.75) is 12.4 Å². The second-order valence-corrected chi connectivity index (χ2v) is 7.66. The molecule has 3 aromatic rings. The molecule has 0 saturated heterocycles. The van der Waals surface area contributed by atoms with Crippen LogP contribution in [0.1, 0.15) is 42.3 Å². The monoisotopic (exact) mass is 441 g/mol. The fourth-order valence-corrected chi connectivity index (χ4v) is 4.02. The van der Waals surface area contributed by atoms with E-state index in [1.165, 1.54) is 34.4 Å². The minimum Gasteiger partial charge on any atom is -0.497 e. The summed E-state index contributed by atoms with van der Waals surface area (Å²) in [5, 5.41) is 4.85. The Labute approximate surface area is 181 Å². The van der Waals surface area contributed by atoms with Gasteiger partial charge in [-0.1, -0.05) is 12.1 Å². The number of carbonyl (C=O) groups is 3. The van der Waals surface area contributed by atoms with Gasteiger partial charge in [0.25, 0.3) is 17.7 Å². The molecule has 1 aliphatic rings. The maximum absolute atomic E-state index is 12.8. The predicted octanol–water partition coefficient (Wildman–Crippen LogP) is 3.94. The normalized spacial score (nSPS) is 12.8. The first-order chi connectivity index (χ1) is 14.5. The summed E-state index contributed by atoms with van der Waals surface area (Å²) in [6.07, 6.45) is 0. The molecule has 7 nitrogen and oxygen atoms in total. The molecule has 1 aromatic heterocycles. The molecule has 9 heteroatoms. The van der Waals surface area contributed by atoms with Crippen molar-refractivity contribution >= 4 is 45.8 Å². The van der Waals surface area contributed by atoms with Gasteiger partial charge in [-0.15, -0.1) is 22.9 Å². The van der Waals surface area contributed by atoms with Crippen molar-refractivity contribution in [2.75, 3.05) is 12.4 Å². The topological polar surface area (TPSA) is 88.6 Å². The van der Waals surface area contributed by atoms with Gasteiger partial charge in [-0.25, -0.2) is 4.98 Å². The Morgan fingerprint density at radius 2 is 1.87 bits per heavy atom. The third kappa shape index (κ3) is 3.79. The first kappa shape index (κ1) is 20.1. The second-order valence-electron chi connectivity index (χ2n) is 6.54. The number of imide groups is 1. The molecule has 30 heavy (non-hydrogen) atoms. The van der Waals surface area contributed by atoms with Crippen LogP contribution < -0.4 is 10.1 Å². The lowest BCUT2D eigenvalue weighted by atomic mass is 10.1. The van der Waals surface area contributed by atoms with Crippen LogP contribution in [0.4, 0.5) is 5.13 Å². The van der Waals surface area contributed by atoms with Crippen LogP contribution in [-0.4, -0.2) is 34.7 Å². The van der Waals surface area contributed by atoms with Gasteiger partial charge in [0.15, 0.2) is 5.13 Å². The maximum Gasteiger partial charge on any atom is 0.261 e. The number of hydrogen-bond acceptors (Lipinski definition) is 6. The molecule has 1 aliphatic heterocycles. The number of aromatic nitrogens is 1. The number of amides is 3. The lowest BCUT2D eigenvalue weighted by Crippen LogP contribution is -2.29. The molecule has 0 fully saturated rings. The number of nitrogens with one attached hydrogen (secondary N) is 1. The third-order valence-corrected chi connectivity index (χ3v) is 5.72. The van der Waals surface area contributed by atoms with Gasteiger partial charge < -0.3 is 4.74 Å². The highest BCUT2D eigenvalue weighted by molar-refractivity contribution is 7.14. The number of methoxy groups -OCH3 is 1. The second kappa shape index (κ2) is 8.25. The van der Waals surface area contributed by atoms with E-state index in [0.717, 1.165) is 5.56 Å². The van der Waals surface area contributed by atoms with E-state index in [4.69, 9.17) is 16.3 Å². The average Bonchev–Trinajstić information content (AvgIpc) is 3.32. The Bertz CT molecular complexity index is 1140. The molecule has 2 heterocycles. The highest BCUT2D eigenvalue weighted by atomic mass is 35.5. The smallest absolute Gasteiger partial charge is 0.261 e. The van der Waals surface area contributed by atoms with E-state index < -0.39 is 11.8 Å². The predicted molar refractivity (Wildman–Crippen MR) is 113 cm³/mol. The summed E-state index contributed by atoms with van der Waals surface area (Å²) in [5.74, 6) is -0.285. The molecular formula is C21H16ClN3O4S. The van der Waals surface area contributed by atoms with Crippen molar-refractivity contribution in [3.8, 4) is 5.75 Å². The summed E-state index contributed by atoms with van der Waals surface area (Å²) < 4.78 is 5.12. The van der Waals surface area contributed by atoms with Crippen LogP contribution >= 0.6 is 22.9 Å². The Kier molecular flexibility index (Phi) is 5.52.